The van der Waals surface area contributed by atoms with Crippen LogP contribution in [0.3, 0.4) is 0 Å². The fourth-order valence-electron chi connectivity index (χ4n) is 3.77. The summed E-state index contributed by atoms with van der Waals surface area (Å²) in [7, 11) is -0.602. The first kappa shape index (κ1) is 27.6. The van der Waals surface area contributed by atoms with Crippen LogP contribution in [0.15, 0.2) is 71.9 Å². The number of hydrogen-bond donors (Lipinski definition) is 3. The Morgan fingerprint density at radius 3 is 2.28 bits per heavy atom. The molecule has 204 valence electrons. The number of benzene rings is 3. The number of sulfonamides is 1. The Hall–Kier alpha value is -4.42. The topological polar surface area (TPSA) is 155 Å². The molecule has 0 saturated heterocycles. The molecule has 0 radical (unpaired) electrons. The van der Waals surface area contributed by atoms with Crippen LogP contribution in [0.4, 0.5) is 17.2 Å². The van der Waals surface area contributed by atoms with E-state index >= 15 is 0 Å². The summed E-state index contributed by atoms with van der Waals surface area (Å²) in [6.45, 7) is 0.368. The van der Waals surface area contributed by atoms with Crippen LogP contribution < -0.4 is 30.0 Å². The number of aromatic nitrogens is 2. The number of nitrogens with zero attached hydrogens (tertiary/aromatic N) is 2. The number of primary sulfonamides is 1. The zero-order chi connectivity index (χ0) is 27.8. The molecular formula is C27H29N5O6S. The third kappa shape index (κ3) is 7.33. The maximum Gasteiger partial charge on any atom is 0.238 e. The summed E-state index contributed by atoms with van der Waals surface area (Å²) in [6.07, 6.45) is 2.97. The second-order valence-electron chi connectivity index (χ2n) is 8.52. The van der Waals surface area contributed by atoms with Gasteiger partial charge >= 0.3 is 0 Å². The number of unbranched alkanes of at least 4 members (excludes halogenated alkanes) is 1. The van der Waals surface area contributed by atoms with Gasteiger partial charge in [0.2, 0.25) is 15.9 Å². The number of carbonyl (C=O) groups is 1. The van der Waals surface area contributed by atoms with Gasteiger partial charge in [-0.05, 0) is 67.4 Å². The number of nitrogens with two attached hydrogens (primary N) is 1. The Labute approximate surface area is 226 Å². The summed E-state index contributed by atoms with van der Waals surface area (Å²) in [6, 6.07) is 16.8. The number of rotatable bonds is 12. The minimum absolute atomic E-state index is 0.0167. The Kier molecular flexibility index (Phi) is 8.79. The van der Waals surface area contributed by atoms with Crippen LogP contribution in [0.5, 0.6) is 17.2 Å². The first-order chi connectivity index (χ1) is 18.8. The molecular weight excluding hydrogens is 522 g/mol. The summed E-state index contributed by atoms with van der Waals surface area (Å²) >= 11 is 0. The summed E-state index contributed by atoms with van der Waals surface area (Å²) in [5.41, 5.74) is 2.03. The molecule has 0 aliphatic heterocycles. The van der Waals surface area contributed by atoms with Crippen LogP contribution >= 0.6 is 0 Å². The molecule has 1 aromatic heterocycles. The molecule has 0 aliphatic rings. The van der Waals surface area contributed by atoms with Crippen molar-refractivity contribution in [3.05, 3.63) is 67.0 Å². The normalized spacial score (nSPS) is 11.2. The van der Waals surface area contributed by atoms with Crippen molar-refractivity contribution in [1.29, 1.82) is 0 Å². The van der Waals surface area contributed by atoms with Crippen LogP contribution in [-0.2, 0) is 14.8 Å². The van der Waals surface area contributed by atoms with E-state index in [0.717, 1.165) is 16.8 Å². The van der Waals surface area contributed by atoms with Crippen molar-refractivity contribution in [1.82, 2.24) is 9.97 Å². The lowest BCUT2D eigenvalue weighted by molar-refractivity contribution is -0.116. The van der Waals surface area contributed by atoms with E-state index in [1.54, 1.807) is 20.3 Å². The summed E-state index contributed by atoms with van der Waals surface area (Å²) in [4.78, 5) is 21.0. The Morgan fingerprint density at radius 1 is 0.897 bits per heavy atom. The van der Waals surface area contributed by atoms with Crippen molar-refractivity contribution in [2.45, 2.75) is 24.2 Å². The van der Waals surface area contributed by atoms with Crippen LogP contribution in [0.2, 0.25) is 0 Å². The third-order valence-electron chi connectivity index (χ3n) is 5.80. The molecule has 12 heteroatoms. The standard InChI is InChI=1S/C27H29N5O6S/c1-36-20-10-6-19(7-11-20)32-27-22-15-25(24(37-2)16-23(22)29-17-30-27)38-14-4-3-5-26(33)31-18-8-12-21(13-9-18)39(28,34)35/h6-13,15-17H,3-5,14H2,1-2H3,(H,31,33)(H2,28,34,35)(H,29,30,32). The van der Waals surface area contributed by atoms with Gasteiger partial charge in [-0.3, -0.25) is 4.79 Å². The van der Waals surface area contributed by atoms with Crippen LogP contribution in [0, 0.1) is 0 Å². The molecule has 0 unspecified atom stereocenters. The number of ether oxygens (including phenoxy) is 3. The molecule has 4 rings (SSSR count). The second kappa shape index (κ2) is 12.4. The highest BCUT2D eigenvalue weighted by Gasteiger charge is 2.13. The van der Waals surface area contributed by atoms with E-state index in [1.165, 1.54) is 30.6 Å². The maximum absolute atomic E-state index is 12.3. The van der Waals surface area contributed by atoms with Gasteiger partial charge in [0, 0.05) is 29.2 Å². The van der Waals surface area contributed by atoms with Gasteiger partial charge in [0.25, 0.3) is 0 Å². The van der Waals surface area contributed by atoms with Crippen molar-refractivity contribution in [2.75, 3.05) is 31.5 Å². The molecule has 0 bridgehead atoms. The molecule has 1 amide bonds. The molecule has 0 spiro atoms. The first-order valence-electron chi connectivity index (χ1n) is 12.1. The van der Waals surface area contributed by atoms with Gasteiger partial charge in [-0.2, -0.15) is 0 Å². The molecule has 39 heavy (non-hydrogen) atoms. The summed E-state index contributed by atoms with van der Waals surface area (Å²) in [5.74, 6) is 2.26. The fourth-order valence-corrected chi connectivity index (χ4v) is 4.28. The second-order valence-corrected chi connectivity index (χ2v) is 10.1. The average molecular weight is 552 g/mol. The molecule has 11 nitrogen and oxygen atoms in total. The number of carbonyl (C=O) groups excluding carboxylic acids is 1. The lowest BCUT2D eigenvalue weighted by atomic mass is 10.2. The number of amides is 1. The molecule has 0 fully saturated rings. The number of fused-ring (bicyclic) bond motifs is 1. The van der Waals surface area contributed by atoms with Crippen molar-refractivity contribution in [3.8, 4) is 17.2 Å². The van der Waals surface area contributed by atoms with Crippen molar-refractivity contribution in [2.24, 2.45) is 5.14 Å². The van der Waals surface area contributed by atoms with Crippen molar-refractivity contribution < 1.29 is 27.4 Å². The van der Waals surface area contributed by atoms with Gasteiger partial charge in [-0.15, -0.1) is 0 Å². The summed E-state index contributed by atoms with van der Waals surface area (Å²) < 4.78 is 39.4. The van der Waals surface area contributed by atoms with Crippen LogP contribution in [0.1, 0.15) is 19.3 Å². The Morgan fingerprint density at radius 2 is 1.62 bits per heavy atom. The Bertz CT molecular complexity index is 1540. The predicted molar refractivity (Wildman–Crippen MR) is 148 cm³/mol. The van der Waals surface area contributed by atoms with Gasteiger partial charge in [-0.25, -0.2) is 23.5 Å². The van der Waals surface area contributed by atoms with Gasteiger partial charge < -0.3 is 24.8 Å². The zero-order valence-corrected chi connectivity index (χ0v) is 22.3. The van der Waals surface area contributed by atoms with Gasteiger partial charge in [0.15, 0.2) is 11.5 Å². The summed E-state index contributed by atoms with van der Waals surface area (Å²) in [5, 5.41) is 11.9. The van der Waals surface area contributed by atoms with E-state index in [9.17, 15) is 13.2 Å². The van der Waals surface area contributed by atoms with E-state index in [0.29, 0.717) is 48.0 Å². The zero-order valence-electron chi connectivity index (χ0n) is 21.5. The average Bonchev–Trinajstić information content (AvgIpc) is 2.93. The van der Waals surface area contributed by atoms with Crippen LogP contribution in [-0.4, -0.2) is 45.1 Å². The molecule has 4 aromatic rings. The van der Waals surface area contributed by atoms with E-state index in [1.807, 2.05) is 30.3 Å². The van der Waals surface area contributed by atoms with Crippen LogP contribution in [0.25, 0.3) is 10.9 Å². The quantitative estimate of drug-likeness (QED) is 0.219. The monoisotopic (exact) mass is 551 g/mol. The lowest BCUT2D eigenvalue weighted by Crippen LogP contribution is -2.13. The molecule has 1 heterocycles. The van der Waals surface area contributed by atoms with Crippen molar-refractivity contribution >= 4 is 44.0 Å². The van der Waals surface area contributed by atoms with E-state index in [2.05, 4.69) is 20.6 Å². The molecule has 4 N–H and O–H groups in total. The highest BCUT2D eigenvalue weighted by Crippen LogP contribution is 2.35. The minimum Gasteiger partial charge on any atom is -0.497 e. The third-order valence-corrected chi connectivity index (χ3v) is 6.73. The predicted octanol–water partition coefficient (Wildman–Crippen LogP) is 4.23. The first-order valence-corrected chi connectivity index (χ1v) is 13.6. The Balaban J connectivity index is 1.34. The number of nitrogens with one attached hydrogen (secondary N) is 2. The number of hydrogen-bond acceptors (Lipinski definition) is 9. The highest BCUT2D eigenvalue weighted by molar-refractivity contribution is 7.89. The van der Waals surface area contributed by atoms with E-state index in [-0.39, 0.29) is 17.2 Å². The fraction of sp³-hybridized carbons (Fsp3) is 0.222. The number of methoxy groups -OCH3 is 2. The molecule has 0 saturated carbocycles. The smallest absolute Gasteiger partial charge is 0.238 e. The lowest BCUT2D eigenvalue weighted by Gasteiger charge is -2.14. The molecule has 3 aromatic carbocycles. The molecule has 0 atom stereocenters. The van der Waals surface area contributed by atoms with Gasteiger partial charge in [0.1, 0.15) is 17.9 Å². The molecule has 0 aliphatic carbocycles. The largest absolute Gasteiger partial charge is 0.497 e. The van der Waals surface area contributed by atoms with Gasteiger partial charge in [-0.1, -0.05) is 0 Å². The number of anilines is 3. The highest BCUT2D eigenvalue weighted by atomic mass is 32.2. The maximum atomic E-state index is 12.3. The minimum atomic E-state index is -3.78. The SMILES string of the molecule is COc1ccc(Nc2ncnc3cc(OC)c(OCCCCC(=O)Nc4ccc(S(N)(=O)=O)cc4)cc23)cc1. The van der Waals surface area contributed by atoms with Gasteiger partial charge in [0.05, 0.1) is 31.2 Å². The van der Waals surface area contributed by atoms with E-state index < -0.39 is 10.0 Å². The van der Waals surface area contributed by atoms with Crippen molar-refractivity contribution in [3.63, 3.8) is 0 Å². The van der Waals surface area contributed by atoms with E-state index in [4.69, 9.17) is 19.3 Å².